The molecule has 1 saturated heterocycles. The van der Waals surface area contributed by atoms with Crippen molar-refractivity contribution in [3.05, 3.63) is 18.2 Å². The van der Waals surface area contributed by atoms with Crippen LogP contribution < -0.4 is 5.32 Å². The number of fused-ring (bicyclic) bond motifs is 2. The summed E-state index contributed by atoms with van der Waals surface area (Å²) in [6.07, 6.45) is 12.7. The van der Waals surface area contributed by atoms with E-state index in [4.69, 9.17) is 0 Å². The van der Waals surface area contributed by atoms with Crippen molar-refractivity contribution in [3.8, 4) is 0 Å². The minimum Gasteiger partial charge on any atom is -0.331 e. The summed E-state index contributed by atoms with van der Waals surface area (Å²) in [6.45, 7) is 4.77. The zero-order chi connectivity index (χ0) is 13.5. The van der Waals surface area contributed by atoms with Crippen LogP contribution in [0.15, 0.2) is 12.5 Å². The Hall–Kier alpha value is -0.830. The summed E-state index contributed by atoms with van der Waals surface area (Å²) >= 11 is 0. The smallest absolute Gasteiger partial charge is 0.0950 e. The lowest BCUT2D eigenvalue weighted by Crippen LogP contribution is -2.29. The van der Waals surface area contributed by atoms with E-state index in [1.54, 1.807) is 0 Å². The van der Waals surface area contributed by atoms with E-state index in [2.05, 4.69) is 34.3 Å². The Morgan fingerprint density at radius 3 is 2.75 bits per heavy atom. The van der Waals surface area contributed by atoms with E-state index in [0.717, 1.165) is 23.7 Å². The Morgan fingerprint density at radius 2 is 2.05 bits per heavy atom. The summed E-state index contributed by atoms with van der Waals surface area (Å²) < 4.78 is 2.53. The summed E-state index contributed by atoms with van der Waals surface area (Å²) in [5.74, 6) is 3.67. The second-order valence-corrected chi connectivity index (χ2v) is 7.33. The third kappa shape index (κ3) is 2.11. The number of rotatable bonds is 3. The Labute approximate surface area is 122 Å². The van der Waals surface area contributed by atoms with E-state index < -0.39 is 0 Å². The molecule has 4 rings (SSSR count). The van der Waals surface area contributed by atoms with E-state index in [-0.39, 0.29) is 0 Å². The van der Waals surface area contributed by atoms with E-state index in [1.165, 1.54) is 57.3 Å². The Bertz CT molecular complexity index is 461. The molecular formula is C17H27N3. The lowest BCUT2D eigenvalue weighted by atomic mass is 9.83. The van der Waals surface area contributed by atoms with Gasteiger partial charge in [0.2, 0.25) is 0 Å². The number of aromatic nitrogens is 2. The standard InChI is InChI=1S/C17H27N3/c1-12(16-9-13-2-3-15(16)8-13)20-11-19-10-17(20)14-4-6-18-7-5-14/h10-16,18H,2-9H2,1H3. The van der Waals surface area contributed by atoms with Gasteiger partial charge in [-0.25, -0.2) is 4.98 Å². The van der Waals surface area contributed by atoms with Gasteiger partial charge in [0.1, 0.15) is 0 Å². The molecule has 2 bridgehead atoms. The Morgan fingerprint density at radius 1 is 1.20 bits per heavy atom. The number of hydrogen-bond donors (Lipinski definition) is 1. The van der Waals surface area contributed by atoms with Crippen molar-refractivity contribution in [1.82, 2.24) is 14.9 Å². The van der Waals surface area contributed by atoms with Gasteiger partial charge in [0.25, 0.3) is 0 Å². The highest BCUT2D eigenvalue weighted by Gasteiger charge is 2.42. The maximum absolute atomic E-state index is 4.49. The van der Waals surface area contributed by atoms with Crippen LogP contribution >= 0.6 is 0 Å². The van der Waals surface area contributed by atoms with E-state index in [1.807, 2.05) is 0 Å². The fourth-order valence-electron chi connectivity index (χ4n) is 5.18. The maximum Gasteiger partial charge on any atom is 0.0950 e. The van der Waals surface area contributed by atoms with Gasteiger partial charge >= 0.3 is 0 Å². The first-order valence-electron chi connectivity index (χ1n) is 8.55. The third-order valence-corrected chi connectivity index (χ3v) is 6.30. The molecule has 3 heteroatoms. The molecule has 2 heterocycles. The number of imidazole rings is 1. The van der Waals surface area contributed by atoms with Crippen molar-refractivity contribution in [1.29, 1.82) is 0 Å². The van der Waals surface area contributed by atoms with Gasteiger partial charge in [-0.2, -0.15) is 0 Å². The molecule has 1 N–H and O–H groups in total. The highest BCUT2D eigenvalue weighted by molar-refractivity contribution is 5.10. The quantitative estimate of drug-likeness (QED) is 0.915. The topological polar surface area (TPSA) is 29.9 Å². The van der Waals surface area contributed by atoms with Gasteiger partial charge in [0.05, 0.1) is 6.33 Å². The molecule has 110 valence electrons. The van der Waals surface area contributed by atoms with E-state index in [9.17, 15) is 0 Å². The molecule has 0 amide bonds. The second-order valence-electron chi connectivity index (χ2n) is 7.33. The zero-order valence-electron chi connectivity index (χ0n) is 12.6. The van der Waals surface area contributed by atoms with Crippen molar-refractivity contribution in [2.24, 2.45) is 17.8 Å². The largest absolute Gasteiger partial charge is 0.331 e. The molecule has 3 fully saturated rings. The van der Waals surface area contributed by atoms with Crippen LogP contribution in [0.2, 0.25) is 0 Å². The monoisotopic (exact) mass is 273 g/mol. The molecule has 0 aromatic carbocycles. The Kier molecular flexibility index (Phi) is 3.33. The summed E-state index contributed by atoms with van der Waals surface area (Å²) in [5, 5.41) is 3.47. The Balaban J connectivity index is 1.54. The number of nitrogens with zero attached hydrogens (tertiary/aromatic N) is 2. The van der Waals surface area contributed by atoms with Crippen LogP contribution in [0.1, 0.15) is 63.1 Å². The predicted molar refractivity (Wildman–Crippen MR) is 80.7 cm³/mol. The van der Waals surface area contributed by atoms with Crippen molar-refractivity contribution >= 4 is 0 Å². The van der Waals surface area contributed by atoms with Crippen LogP contribution in [0, 0.1) is 17.8 Å². The minimum absolute atomic E-state index is 0.651. The first-order valence-corrected chi connectivity index (χ1v) is 8.55. The summed E-state index contributed by atoms with van der Waals surface area (Å²) in [6, 6.07) is 0.651. The van der Waals surface area contributed by atoms with Crippen molar-refractivity contribution in [2.75, 3.05) is 13.1 Å². The average Bonchev–Trinajstić information content (AvgIpc) is 3.23. The normalized spacial score (nSPS) is 35.5. The number of hydrogen-bond acceptors (Lipinski definition) is 2. The molecule has 20 heavy (non-hydrogen) atoms. The molecule has 4 atom stereocenters. The molecule has 1 aliphatic heterocycles. The van der Waals surface area contributed by atoms with Crippen molar-refractivity contribution in [2.45, 2.75) is 57.4 Å². The van der Waals surface area contributed by atoms with Gasteiger partial charge < -0.3 is 9.88 Å². The molecule has 0 spiro atoms. The maximum atomic E-state index is 4.49. The van der Waals surface area contributed by atoms with Gasteiger partial charge in [-0.05, 0) is 69.9 Å². The molecule has 1 aromatic rings. The molecule has 3 nitrogen and oxygen atoms in total. The highest BCUT2D eigenvalue weighted by atomic mass is 15.1. The lowest BCUT2D eigenvalue weighted by Gasteiger charge is -2.32. The molecule has 2 aliphatic carbocycles. The SMILES string of the molecule is CC(C1CC2CCC1C2)n1cncc1C1CCNCC1. The van der Waals surface area contributed by atoms with Gasteiger partial charge in [-0.1, -0.05) is 6.42 Å². The highest BCUT2D eigenvalue weighted by Crippen LogP contribution is 2.52. The first kappa shape index (κ1) is 12.9. The molecule has 0 radical (unpaired) electrons. The molecule has 3 aliphatic rings. The lowest BCUT2D eigenvalue weighted by molar-refractivity contribution is 0.236. The fourth-order valence-corrected chi connectivity index (χ4v) is 5.18. The van der Waals surface area contributed by atoms with Crippen LogP contribution in [0.4, 0.5) is 0 Å². The van der Waals surface area contributed by atoms with Crippen LogP contribution in [-0.2, 0) is 0 Å². The van der Waals surface area contributed by atoms with E-state index >= 15 is 0 Å². The van der Waals surface area contributed by atoms with Crippen molar-refractivity contribution in [3.63, 3.8) is 0 Å². The second kappa shape index (κ2) is 5.18. The van der Waals surface area contributed by atoms with Gasteiger partial charge in [-0.15, -0.1) is 0 Å². The minimum atomic E-state index is 0.651. The van der Waals surface area contributed by atoms with Crippen LogP contribution in [0.3, 0.4) is 0 Å². The van der Waals surface area contributed by atoms with Crippen LogP contribution in [-0.4, -0.2) is 22.6 Å². The summed E-state index contributed by atoms with van der Waals surface area (Å²) in [5.41, 5.74) is 1.50. The van der Waals surface area contributed by atoms with Crippen molar-refractivity contribution < 1.29 is 0 Å². The number of nitrogens with one attached hydrogen (secondary N) is 1. The zero-order valence-corrected chi connectivity index (χ0v) is 12.6. The third-order valence-electron chi connectivity index (χ3n) is 6.30. The fraction of sp³-hybridized carbons (Fsp3) is 0.824. The summed E-state index contributed by atoms with van der Waals surface area (Å²) in [7, 11) is 0. The van der Waals surface area contributed by atoms with Gasteiger partial charge in [0, 0.05) is 23.9 Å². The molecular weight excluding hydrogens is 246 g/mol. The van der Waals surface area contributed by atoms with E-state index in [0.29, 0.717) is 6.04 Å². The summed E-state index contributed by atoms with van der Waals surface area (Å²) in [4.78, 5) is 4.49. The molecule has 1 aromatic heterocycles. The number of piperidine rings is 1. The molecule has 2 saturated carbocycles. The van der Waals surface area contributed by atoms with Crippen LogP contribution in [0.5, 0.6) is 0 Å². The van der Waals surface area contributed by atoms with Crippen LogP contribution in [0.25, 0.3) is 0 Å². The molecule has 4 unspecified atom stereocenters. The van der Waals surface area contributed by atoms with Gasteiger partial charge in [0.15, 0.2) is 0 Å². The van der Waals surface area contributed by atoms with Gasteiger partial charge in [-0.3, -0.25) is 0 Å². The average molecular weight is 273 g/mol. The predicted octanol–water partition coefficient (Wildman–Crippen LogP) is 3.35. The first-order chi connectivity index (χ1) is 9.83.